The Morgan fingerprint density at radius 1 is 1.20 bits per heavy atom. The first kappa shape index (κ1) is 16.2. The summed E-state index contributed by atoms with van der Waals surface area (Å²) in [6.45, 7) is 5.16. The van der Waals surface area contributed by atoms with Gasteiger partial charge in [0, 0.05) is 57.4 Å². The van der Waals surface area contributed by atoms with Crippen molar-refractivity contribution in [3.05, 3.63) is 29.1 Å². The number of rotatable bonds is 3. The van der Waals surface area contributed by atoms with Crippen molar-refractivity contribution in [1.82, 2.24) is 25.4 Å². The van der Waals surface area contributed by atoms with E-state index >= 15 is 0 Å². The molecule has 0 saturated carbocycles. The van der Waals surface area contributed by atoms with Gasteiger partial charge in [-0.15, -0.1) is 0 Å². The number of hydrogen-bond acceptors (Lipinski definition) is 6. The summed E-state index contributed by atoms with van der Waals surface area (Å²) in [5.74, 6) is -0.890. The van der Waals surface area contributed by atoms with Gasteiger partial charge in [0.25, 0.3) is 5.91 Å². The molecule has 25 heavy (non-hydrogen) atoms. The lowest BCUT2D eigenvalue weighted by molar-refractivity contribution is -0.136. The molecule has 2 N–H and O–H groups in total. The minimum absolute atomic E-state index is 0.224. The topological polar surface area (TPSA) is 94.6 Å². The van der Waals surface area contributed by atoms with Gasteiger partial charge >= 0.3 is 0 Å². The van der Waals surface area contributed by atoms with Crippen LogP contribution in [0.3, 0.4) is 0 Å². The van der Waals surface area contributed by atoms with Crippen LogP contribution in [0.2, 0.25) is 0 Å². The van der Waals surface area contributed by atoms with Crippen LogP contribution in [0.1, 0.15) is 34.5 Å². The molecule has 0 spiro atoms. The molecule has 3 amide bonds. The summed E-state index contributed by atoms with van der Waals surface area (Å²) >= 11 is 0. The maximum Gasteiger partial charge on any atom is 0.273 e. The van der Waals surface area contributed by atoms with Crippen molar-refractivity contribution in [2.24, 2.45) is 0 Å². The lowest BCUT2D eigenvalue weighted by atomic mass is 10.0. The molecular weight excluding hydrogens is 322 g/mol. The number of aromatic nitrogens is 1. The monoisotopic (exact) mass is 343 g/mol. The van der Waals surface area contributed by atoms with Crippen LogP contribution in [0.4, 0.5) is 0 Å². The molecule has 8 heteroatoms. The zero-order valence-corrected chi connectivity index (χ0v) is 14.0. The molecule has 2 saturated heterocycles. The SMILES string of the molecule is O=C1CCC(N2Cc3cc(CN4CCNCC4)cnc3C2=O)C(=O)N1. The summed E-state index contributed by atoms with van der Waals surface area (Å²) < 4.78 is 0. The van der Waals surface area contributed by atoms with E-state index in [1.54, 1.807) is 6.20 Å². The molecule has 1 unspecified atom stereocenters. The highest BCUT2D eigenvalue weighted by Gasteiger charge is 2.39. The standard InChI is InChI=1S/C17H21N5O3/c23-14-2-1-13(16(24)20-14)22-10-12-7-11(8-19-15(12)17(22)25)9-21-5-3-18-4-6-21/h7-8,13,18H,1-6,9-10H2,(H,20,23,24). The predicted octanol–water partition coefficient (Wildman–Crippen LogP) is -0.752. The quantitative estimate of drug-likeness (QED) is 0.701. The van der Waals surface area contributed by atoms with Crippen molar-refractivity contribution < 1.29 is 14.4 Å². The zero-order chi connectivity index (χ0) is 17.4. The molecule has 4 heterocycles. The highest BCUT2D eigenvalue weighted by Crippen LogP contribution is 2.27. The van der Waals surface area contributed by atoms with E-state index in [2.05, 4.69) is 20.5 Å². The molecule has 1 aromatic heterocycles. The number of piperazine rings is 1. The molecule has 0 aliphatic carbocycles. The van der Waals surface area contributed by atoms with Crippen LogP contribution in [0, 0.1) is 0 Å². The maximum atomic E-state index is 12.6. The molecule has 2 fully saturated rings. The van der Waals surface area contributed by atoms with E-state index in [-0.39, 0.29) is 18.2 Å². The average Bonchev–Trinajstić information content (AvgIpc) is 2.92. The Bertz CT molecular complexity index is 729. The van der Waals surface area contributed by atoms with Crippen molar-refractivity contribution in [2.45, 2.75) is 32.0 Å². The Morgan fingerprint density at radius 3 is 2.76 bits per heavy atom. The minimum Gasteiger partial charge on any atom is -0.321 e. The number of nitrogens with one attached hydrogen (secondary N) is 2. The van der Waals surface area contributed by atoms with Crippen LogP contribution in [0.15, 0.2) is 12.3 Å². The number of nitrogens with zero attached hydrogens (tertiary/aromatic N) is 3. The Hall–Kier alpha value is -2.32. The maximum absolute atomic E-state index is 12.6. The van der Waals surface area contributed by atoms with Gasteiger partial charge in [0.15, 0.2) is 0 Å². The molecule has 0 radical (unpaired) electrons. The number of hydrogen-bond donors (Lipinski definition) is 2. The first-order valence-electron chi connectivity index (χ1n) is 8.67. The van der Waals surface area contributed by atoms with Gasteiger partial charge in [0.2, 0.25) is 11.8 Å². The lowest BCUT2D eigenvalue weighted by Gasteiger charge is -2.29. The second kappa shape index (κ2) is 6.53. The Morgan fingerprint density at radius 2 is 2.00 bits per heavy atom. The van der Waals surface area contributed by atoms with Crippen LogP contribution in [0.25, 0.3) is 0 Å². The summed E-state index contributed by atoms with van der Waals surface area (Å²) in [7, 11) is 0. The van der Waals surface area contributed by atoms with Gasteiger partial charge in [0.05, 0.1) is 0 Å². The molecular formula is C17H21N5O3. The summed E-state index contributed by atoms with van der Waals surface area (Å²) in [6, 6.07) is 1.43. The normalized spacial score (nSPS) is 24.4. The molecule has 4 rings (SSSR count). The zero-order valence-electron chi connectivity index (χ0n) is 14.0. The van der Waals surface area contributed by atoms with Gasteiger partial charge in [-0.05, 0) is 18.1 Å². The Labute approximate surface area is 145 Å². The lowest BCUT2D eigenvalue weighted by Crippen LogP contribution is -2.52. The smallest absolute Gasteiger partial charge is 0.273 e. The van der Waals surface area contributed by atoms with E-state index < -0.39 is 11.9 Å². The van der Waals surface area contributed by atoms with Gasteiger partial charge in [-0.2, -0.15) is 0 Å². The molecule has 8 nitrogen and oxygen atoms in total. The molecule has 3 aliphatic rings. The largest absolute Gasteiger partial charge is 0.321 e. The second-order valence-electron chi connectivity index (χ2n) is 6.78. The molecule has 1 aromatic rings. The predicted molar refractivity (Wildman–Crippen MR) is 88.4 cm³/mol. The Kier molecular flexibility index (Phi) is 4.22. The number of piperidine rings is 1. The fraction of sp³-hybridized carbons (Fsp3) is 0.529. The molecule has 0 bridgehead atoms. The first-order valence-corrected chi connectivity index (χ1v) is 8.67. The van der Waals surface area contributed by atoms with Gasteiger partial charge in [-0.1, -0.05) is 0 Å². The van der Waals surface area contributed by atoms with Crippen molar-refractivity contribution in [3.8, 4) is 0 Å². The average molecular weight is 343 g/mol. The van der Waals surface area contributed by atoms with E-state index in [1.165, 1.54) is 4.90 Å². The first-order chi connectivity index (χ1) is 12.1. The summed E-state index contributed by atoms with van der Waals surface area (Å²) in [5.41, 5.74) is 2.37. The van der Waals surface area contributed by atoms with Gasteiger partial charge in [0.1, 0.15) is 11.7 Å². The molecule has 132 valence electrons. The van der Waals surface area contributed by atoms with Gasteiger partial charge in [-0.25, -0.2) is 0 Å². The van der Waals surface area contributed by atoms with Crippen molar-refractivity contribution in [1.29, 1.82) is 0 Å². The van der Waals surface area contributed by atoms with Crippen LogP contribution in [-0.4, -0.2) is 64.7 Å². The molecule has 1 atom stereocenters. The van der Waals surface area contributed by atoms with E-state index in [0.29, 0.717) is 18.7 Å². The highest BCUT2D eigenvalue weighted by atomic mass is 16.2. The van der Waals surface area contributed by atoms with Crippen molar-refractivity contribution in [2.75, 3.05) is 26.2 Å². The molecule has 3 aliphatic heterocycles. The minimum atomic E-state index is -0.587. The second-order valence-corrected chi connectivity index (χ2v) is 6.78. The number of pyridine rings is 1. The van der Waals surface area contributed by atoms with Crippen LogP contribution < -0.4 is 10.6 Å². The van der Waals surface area contributed by atoms with Crippen LogP contribution in [-0.2, 0) is 22.7 Å². The van der Waals surface area contributed by atoms with E-state index in [0.717, 1.165) is 43.9 Å². The fourth-order valence-electron chi connectivity index (χ4n) is 3.71. The third kappa shape index (κ3) is 3.14. The van der Waals surface area contributed by atoms with Gasteiger partial charge < -0.3 is 10.2 Å². The highest BCUT2D eigenvalue weighted by molar-refractivity contribution is 6.04. The number of fused-ring (bicyclic) bond motifs is 1. The fourth-order valence-corrected chi connectivity index (χ4v) is 3.71. The third-order valence-electron chi connectivity index (χ3n) is 5.03. The molecule has 0 aromatic carbocycles. The van der Waals surface area contributed by atoms with E-state index in [9.17, 15) is 14.4 Å². The van der Waals surface area contributed by atoms with Crippen LogP contribution in [0.5, 0.6) is 0 Å². The van der Waals surface area contributed by atoms with E-state index in [4.69, 9.17) is 0 Å². The number of carbonyl (C=O) groups excluding carboxylic acids is 3. The summed E-state index contributed by atoms with van der Waals surface area (Å²) in [4.78, 5) is 44.2. The summed E-state index contributed by atoms with van der Waals surface area (Å²) in [6.07, 6.45) is 2.39. The summed E-state index contributed by atoms with van der Waals surface area (Å²) in [5, 5.41) is 5.64. The van der Waals surface area contributed by atoms with Crippen molar-refractivity contribution in [3.63, 3.8) is 0 Å². The van der Waals surface area contributed by atoms with Crippen molar-refractivity contribution >= 4 is 17.7 Å². The number of carbonyl (C=O) groups is 3. The third-order valence-corrected chi connectivity index (χ3v) is 5.03. The Balaban J connectivity index is 1.49. The van der Waals surface area contributed by atoms with E-state index in [1.807, 2.05) is 6.07 Å². The number of amides is 3. The van der Waals surface area contributed by atoms with Crippen LogP contribution >= 0.6 is 0 Å². The van der Waals surface area contributed by atoms with Gasteiger partial charge in [-0.3, -0.25) is 29.6 Å². The number of imide groups is 1.